The number of fused-ring (bicyclic) bond motifs is 1. The molecule has 0 saturated carbocycles. The fourth-order valence-electron chi connectivity index (χ4n) is 2.29. The third kappa shape index (κ3) is 1.91. The van der Waals surface area contributed by atoms with Gasteiger partial charge in [-0.05, 0) is 0 Å². The number of nitrogens with zero attached hydrogens (tertiary/aromatic N) is 3. The van der Waals surface area contributed by atoms with Gasteiger partial charge in [-0.25, -0.2) is 4.98 Å². The van der Waals surface area contributed by atoms with E-state index >= 15 is 0 Å². The van der Waals surface area contributed by atoms with Crippen LogP contribution >= 0.6 is 0 Å². The standard InChI is InChI=1S/C10H14N6O5/c11-9-14-6-3(7(20)15-9)13-2-16(6)8-4(18)5(19)10(12,1-17)21-8/h2,4-5,8,17-19H,1,12H2,(H3,11,14,15,20)/t4-,5-,8+,10+/m0/s1. The van der Waals surface area contributed by atoms with Crippen LogP contribution in [0.1, 0.15) is 6.23 Å². The van der Waals surface area contributed by atoms with E-state index in [2.05, 4.69) is 15.0 Å². The zero-order valence-electron chi connectivity index (χ0n) is 10.7. The van der Waals surface area contributed by atoms with Gasteiger partial charge in [0, 0.05) is 0 Å². The summed E-state index contributed by atoms with van der Waals surface area (Å²) in [6.45, 7) is -0.704. The zero-order valence-corrected chi connectivity index (χ0v) is 10.7. The monoisotopic (exact) mass is 298 g/mol. The molecular formula is C10H14N6O5. The molecule has 0 unspecified atom stereocenters. The number of ether oxygens (including phenoxy) is 1. The van der Waals surface area contributed by atoms with Crippen LogP contribution in [0.3, 0.4) is 0 Å². The lowest BCUT2D eigenvalue weighted by molar-refractivity contribution is -0.123. The molecule has 21 heavy (non-hydrogen) atoms. The Bertz CT molecular complexity index is 743. The fraction of sp³-hybridized carbons (Fsp3) is 0.500. The van der Waals surface area contributed by atoms with Crippen molar-refractivity contribution in [2.75, 3.05) is 12.3 Å². The van der Waals surface area contributed by atoms with Crippen molar-refractivity contribution in [2.24, 2.45) is 5.73 Å². The minimum atomic E-state index is -1.83. The van der Waals surface area contributed by atoms with Crippen LogP contribution in [0.5, 0.6) is 0 Å². The van der Waals surface area contributed by atoms with E-state index in [-0.39, 0.29) is 17.1 Å². The molecule has 1 fully saturated rings. The van der Waals surface area contributed by atoms with Gasteiger partial charge in [-0.1, -0.05) is 0 Å². The Hall–Kier alpha value is -2.05. The molecule has 0 amide bonds. The lowest BCUT2D eigenvalue weighted by Gasteiger charge is -2.24. The summed E-state index contributed by atoms with van der Waals surface area (Å²) >= 11 is 0. The maximum absolute atomic E-state index is 11.7. The Morgan fingerprint density at radius 3 is 2.86 bits per heavy atom. The van der Waals surface area contributed by atoms with Gasteiger partial charge < -0.3 is 25.8 Å². The highest BCUT2D eigenvalue weighted by Gasteiger charge is 2.52. The van der Waals surface area contributed by atoms with Crippen molar-refractivity contribution in [3.05, 3.63) is 16.7 Å². The predicted molar refractivity (Wildman–Crippen MR) is 68.7 cm³/mol. The van der Waals surface area contributed by atoms with E-state index in [9.17, 15) is 20.1 Å². The van der Waals surface area contributed by atoms with E-state index in [0.29, 0.717) is 0 Å². The number of nitrogen functional groups attached to an aromatic ring is 1. The lowest BCUT2D eigenvalue weighted by Crippen LogP contribution is -2.54. The van der Waals surface area contributed by atoms with E-state index in [1.807, 2.05) is 0 Å². The molecule has 3 heterocycles. The normalized spacial score (nSPS) is 32.9. The van der Waals surface area contributed by atoms with Gasteiger partial charge in [-0.3, -0.25) is 20.1 Å². The van der Waals surface area contributed by atoms with Gasteiger partial charge in [0.2, 0.25) is 5.95 Å². The molecule has 114 valence electrons. The largest absolute Gasteiger partial charge is 0.392 e. The summed E-state index contributed by atoms with van der Waals surface area (Å²) in [6.07, 6.45) is -2.93. The summed E-state index contributed by atoms with van der Waals surface area (Å²) in [7, 11) is 0. The van der Waals surface area contributed by atoms with Crippen molar-refractivity contribution in [3.8, 4) is 0 Å². The highest BCUT2D eigenvalue weighted by molar-refractivity contribution is 5.70. The summed E-state index contributed by atoms with van der Waals surface area (Å²) in [5.74, 6) is -0.136. The first kappa shape index (κ1) is 13.9. The molecule has 8 N–H and O–H groups in total. The van der Waals surface area contributed by atoms with Crippen LogP contribution in [0.4, 0.5) is 5.95 Å². The van der Waals surface area contributed by atoms with Crippen LogP contribution in [0.15, 0.2) is 11.1 Å². The Morgan fingerprint density at radius 1 is 1.52 bits per heavy atom. The summed E-state index contributed by atoms with van der Waals surface area (Å²) in [4.78, 5) is 21.8. The smallest absolute Gasteiger partial charge is 0.280 e. The Balaban J connectivity index is 2.12. The molecule has 1 aliphatic heterocycles. The molecule has 0 spiro atoms. The molecule has 1 aliphatic rings. The van der Waals surface area contributed by atoms with E-state index in [4.69, 9.17) is 16.2 Å². The van der Waals surface area contributed by atoms with Gasteiger partial charge in [0.25, 0.3) is 5.56 Å². The number of aliphatic hydroxyl groups is 3. The van der Waals surface area contributed by atoms with Crippen LogP contribution in [0, 0.1) is 0 Å². The summed E-state index contributed by atoms with van der Waals surface area (Å²) < 4.78 is 6.53. The third-order valence-electron chi connectivity index (χ3n) is 3.43. The van der Waals surface area contributed by atoms with Gasteiger partial charge in [-0.2, -0.15) is 4.98 Å². The number of anilines is 1. The second kappa shape index (κ2) is 4.47. The van der Waals surface area contributed by atoms with Crippen LogP contribution in [-0.2, 0) is 4.74 Å². The van der Waals surface area contributed by atoms with Crippen molar-refractivity contribution < 1.29 is 20.1 Å². The van der Waals surface area contributed by atoms with Gasteiger partial charge in [-0.15, -0.1) is 0 Å². The van der Waals surface area contributed by atoms with E-state index in [0.717, 1.165) is 0 Å². The molecule has 0 aliphatic carbocycles. The number of hydrogen-bond acceptors (Lipinski definition) is 9. The lowest BCUT2D eigenvalue weighted by atomic mass is 10.1. The number of imidazole rings is 1. The SMILES string of the molecule is Nc1nc2c(ncn2[C@@H]2O[C@](N)(CO)[C@@H](O)[C@@H]2O)c(=O)[nH]1. The molecule has 4 atom stereocenters. The van der Waals surface area contributed by atoms with Crippen molar-refractivity contribution in [2.45, 2.75) is 24.2 Å². The molecule has 2 aromatic rings. The van der Waals surface area contributed by atoms with Crippen molar-refractivity contribution in [3.63, 3.8) is 0 Å². The number of nitrogens with one attached hydrogen (secondary N) is 1. The average Bonchev–Trinajstić information content (AvgIpc) is 2.95. The Labute approximate surface area is 116 Å². The maximum Gasteiger partial charge on any atom is 0.280 e. The molecule has 11 heteroatoms. The highest BCUT2D eigenvalue weighted by Crippen LogP contribution is 2.34. The molecule has 2 aromatic heterocycles. The molecule has 3 rings (SSSR count). The van der Waals surface area contributed by atoms with Crippen LogP contribution in [0.25, 0.3) is 11.2 Å². The first-order valence-electron chi connectivity index (χ1n) is 6.03. The van der Waals surface area contributed by atoms with Crippen LogP contribution < -0.4 is 17.0 Å². The van der Waals surface area contributed by atoms with Gasteiger partial charge in [0.15, 0.2) is 23.1 Å². The third-order valence-corrected chi connectivity index (χ3v) is 3.43. The van der Waals surface area contributed by atoms with Crippen molar-refractivity contribution >= 4 is 17.1 Å². The molecule has 11 nitrogen and oxygen atoms in total. The second-order valence-corrected chi connectivity index (χ2v) is 4.83. The molecule has 0 radical (unpaired) electrons. The summed E-state index contributed by atoms with van der Waals surface area (Å²) in [6, 6.07) is 0. The number of nitrogens with two attached hydrogens (primary N) is 2. The number of H-pyrrole nitrogens is 1. The Morgan fingerprint density at radius 2 is 2.24 bits per heavy atom. The maximum atomic E-state index is 11.7. The van der Waals surface area contributed by atoms with Crippen molar-refractivity contribution in [1.82, 2.24) is 19.5 Å². The number of hydrogen-bond donors (Lipinski definition) is 6. The topological polar surface area (TPSA) is 186 Å². The first-order valence-corrected chi connectivity index (χ1v) is 6.03. The minimum Gasteiger partial charge on any atom is -0.392 e. The number of aromatic nitrogens is 4. The summed E-state index contributed by atoms with van der Waals surface area (Å²) in [5.41, 5.74) is 8.81. The zero-order chi connectivity index (χ0) is 15.4. The quantitative estimate of drug-likeness (QED) is 0.328. The number of aromatic amines is 1. The van der Waals surface area contributed by atoms with E-state index in [1.165, 1.54) is 10.9 Å². The van der Waals surface area contributed by atoms with E-state index < -0.39 is 36.3 Å². The second-order valence-electron chi connectivity index (χ2n) is 4.83. The molecule has 0 aromatic carbocycles. The van der Waals surface area contributed by atoms with Crippen LogP contribution in [-0.4, -0.2) is 59.4 Å². The molecule has 1 saturated heterocycles. The highest BCUT2D eigenvalue weighted by atomic mass is 16.6. The minimum absolute atomic E-state index is 0.00647. The summed E-state index contributed by atoms with van der Waals surface area (Å²) in [5, 5.41) is 29.1. The first-order chi connectivity index (χ1) is 9.87. The van der Waals surface area contributed by atoms with Gasteiger partial charge in [0.1, 0.15) is 12.2 Å². The Kier molecular flexibility index (Phi) is 2.96. The van der Waals surface area contributed by atoms with E-state index in [1.54, 1.807) is 0 Å². The van der Waals surface area contributed by atoms with Crippen molar-refractivity contribution in [1.29, 1.82) is 0 Å². The van der Waals surface area contributed by atoms with Gasteiger partial charge in [0.05, 0.1) is 12.9 Å². The number of aliphatic hydroxyl groups excluding tert-OH is 3. The molecular weight excluding hydrogens is 284 g/mol. The fourth-order valence-corrected chi connectivity index (χ4v) is 2.29. The number of rotatable bonds is 2. The molecule has 0 bridgehead atoms. The average molecular weight is 298 g/mol. The van der Waals surface area contributed by atoms with Gasteiger partial charge >= 0.3 is 0 Å². The van der Waals surface area contributed by atoms with Crippen LogP contribution in [0.2, 0.25) is 0 Å². The predicted octanol–water partition coefficient (Wildman–Crippen LogP) is -3.40.